The molecular weight excluding hydrogens is 338 g/mol. The predicted octanol–water partition coefficient (Wildman–Crippen LogP) is 2.06. The van der Waals surface area contributed by atoms with Gasteiger partial charge < -0.3 is 24.6 Å². The first-order valence-electron chi connectivity index (χ1n) is 8.01. The summed E-state index contributed by atoms with van der Waals surface area (Å²) in [5, 5.41) is 12.4. The van der Waals surface area contributed by atoms with Crippen molar-refractivity contribution in [2.24, 2.45) is 0 Å². The van der Waals surface area contributed by atoms with Crippen LogP contribution in [-0.2, 0) is 9.53 Å². The van der Waals surface area contributed by atoms with E-state index in [-0.39, 0.29) is 24.5 Å². The van der Waals surface area contributed by atoms with Crippen molar-refractivity contribution in [3.05, 3.63) is 53.6 Å². The van der Waals surface area contributed by atoms with E-state index in [0.29, 0.717) is 17.1 Å². The van der Waals surface area contributed by atoms with Gasteiger partial charge in [0.15, 0.2) is 18.1 Å². The summed E-state index contributed by atoms with van der Waals surface area (Å²) in [5.74, 6) is -0.194. The lowest BCUT2D eigenvalue weighted by Gasteiger charge is -2.11. The molecule has 0 aliphatic carbocycles. The molecule has 0 spiro atoms. The van der Waals surface area contributed by atoms with Crippen LogP contribution in [0.25, 0.3) is 0 Å². The number of hydrogen-bond donors (Lipinski definition) is 2. The number of phenols is 1. The first-order valence-corrected chi connectivity index (χ1v) is 8.01. The van der Waals surface area contributed by atoms with Gasteiger partial charge >= 0.3 is 5.97 Å². The minimum atomic E-state index is -0.758. The summed E-state index contributed by atoms with van der Waals surface area (Å²) in [6.07, 6.45) is 0. The molecule has 0 radical (unpaired) electrons. The zero-order valence-corrected chi connectivity index (χ0v) is 14.7. The van der Waals surface area contributed by atoms with Gasteiger partial charge in [-0.1, -0.05) is 24.3 Å². The number of amides is 1. The molecule has 7 heteroatoms. The molecule has 1 amide bonds. The van der Waals surface area contributed by atoms with Gasteiger partial charge in [0.05, 0.1) is 13.7 Å². The number of carbonyl (C=O) groups is 2. The van der Waals surface area contributed by atoms with Crippen LogP contribution in [-0.4, -0.2) is 43.9 Å². The second-order valence-electron chi connectivity index (χ2n) is 5.40. The van der Waals surface area contributed by atoms with Crippen molar-refractivity contribution in [2.75, 3.05) is 26.9 Å². The van der Waals surface area contributed by atoms with Crippen LogP contribution in [0.15, 0.2) is 42.5 Å². The van der Waals surface area contributed by atoms with Crippen LogP contribution in [0.4, 0.5) is 0 Å². The number of aryl methyl sites for hydroxylation is 1. The monoisotopic (exact) mass is 359 g/mol. The normalized spacial score (nSPS) is 10.1. The zero-order valence-electron chi connectivity index (χ0n) is 14.7. The summed E-state index contributed by atoms with van der Waals surface area (Å²) in [4.78, 5) is 23.6. The van der Waals surface area contributed by atoms with Gasteiger partial charge in [-0.2, -0.15) is 0 Å². The first kappa shape index (κ1) is 19.1. The summed E-state index contributed by atoms with van der Waals surface area (Å²) in [5.41, 5.74) is 0.578. The van der Waals surface area contributed by atoms with Crippen LogP contribution >= 0.6 is 0 Å². The highest BCUT2D eigenvalue weighted by Crippen LogP contribution is 2.25. The lowest BCUT2D eigenvalue weighted by atomic mass is 10.1. The second-order valence-corrected chi connectivity index (χ2v) is 5.40. The number of phenolic OH excluding ortho intramolecular Hbond substituents is 1. The lowest BCUT2D eigenvalue weighted by Crippen LogP contribution is -2.32. The number of aromatic hydroxyl groups is 1. The van der Waals surface area contributed by atoms with Crippen molar-refractivity contribution in [3.8, 4) is 17.2 Å². The Morgan fingerprint density at radius 1 is 1.08 bits per heavy atom. The highest BCUT2D eigenvalue weighted by molar-refractivity contribution is 5.94. The van der Waals surface area contributed by atoms with Crippen LogP contribution in [0.2, 0.25) is 0 Å². The molecule has 2 aromatic rings. The number of para-hydroxylation sites is 3. The third kappa shape index (κ3) is 5.14. The highest BCUT2D eigenvalue weighted by atomic mass is 16.5. The van der Waals surface area contributed by atoms with Crippen molar-refractivity contribution in [1.82, 2.24) is 5.32 Å². The van der Waals surface area contributed by atoms with Gasteiger partial charge in [0.1, 0.15) is 17.9 Å². The molecule has 0 fully saturated rings. The third-order valence-corrected chi connectivity index (χ3v) is 3.54. The molecule has 26 heavy (non-hydrogen) atoms. The highest BCUT2D eigenvalue weighted by Gasteiger charge is 2.15. The van der Waals surface area contributed by atoms with Gasteiger partial charge in [0.2, 0.25) is 0 Å². The average Bonchev–Trinajstić information content (AvgIpc) is 2.65. The Hall–Kier alpha value is -3.22. The minimum absolute atomic E-state index is 0.0253. The van der Waals surface area contributed by atoms with Crippen molar-refractivity contribution < 1.29 is 28.9 Å². The molecule has 0 bridgehead atoms. The van der Waals surface area contributed by atoms with E-state index in [4.69, 9.17) is 14.2 Å². The molecule has 0 unspecified atom stereocenters. The van der Waals surface area contributed by atoms with Gasteiger partial charge in [0, 0.05) is 0 Å². The molecule has 2 aromatic carbocycles. The Kier molecular flexibility index (Phi) is 6.84. The van der Waals surface area contributed by atoms with E-state index >= 15 is 0 Å². The summed E-state index contributed by atoms with van der Waals surface area (Å²) in [6.45, 7) is 1.70. The quantitative estimate of drug-likeness (QED) is 0.553. The van der Waals surface area contributed by atoms with Crippen LogP contribution in [0.1, 0.15) is 15.9 Å². The number of esters is 1. The molecule has 2 rings (SSSR count). The smallest absolute Gasteiger partial charge is 0.342 e. The number of nitrogens with one attached hydrogen (secondary N) is 1. The number of carbonyl (C=O) groups excluding carboxylic acids is 2. The molecule has 7 nitrogen and oxygen atoms in total. The Bertz CT molecular complexity index is 774. The van der Waals surface area contributed by atoms with E-state index in [1.165, 1.54) is 6.07 Å². The van der Waals surface area contributed by atoms with E-state index in [9.17, 15) is 14.7 Å². The average molecular weight is 359 g/mol. The van der Waals surface area contributed by atoms with E-state index in [1.807, 2.05) is 12.1 Å². The zero-order chi connectivity index (χ0) is 18.9. The van der Waals surface area contributed by atoms with Crippen LogP contribution in [0.5, 0.6) is 17.2 Å². The lowest BCUT2D eigenvalue weighted by molar-refractivity contribution is -0.124. The largest absolute Gasteiger partial charge is 0.507 e. The fourth-order valence-electron chi connectivity index (χ4n) is 2.17. The van der Waals surface area contributed by atoms with Crippen LogP contribution < -0.4 is 14.8 Å². The predicted molar refractivity (Wildman–Crippen MR) is 94.6 cm³/mol. The Morgan fingerprint density at radius 2 is 1.81 bits per heavy atom. The van der Waals surface area contributed by atoms with Crippen molar-refractivity contribution in [2.45, 2.75) is 6.92 Å². The third-order valence-electron chi connectivity index (χ3n) is 3.54. The van der Waals surface area contributed by atoms with Gasteiger partial charge in [-0.3, -0.25) is 4.79 Å². The number of benzene rings is 2. The van der Waals surface area contributed by atoms with Crippen LogP contribution in [0.3, 0.4) is 0 Å². The maximum atomic E-state index is 11.9. The second kappa shape index (κ2) is 9.31. The van der Waals surface area contributed by atoms with Gasteiger partial charge in [-0.15, -0.1) is 0 Å². The van der Waals surface area contributed by atoms with Crippen molar-refractivity contribution in [3.63, 3.8) is 0 Å². The molecule has 0 heterocycles. The summed E-state index contributed by atoms with van der Waals surface area (Å²) >= 11 is 0. The molecule has 0 saturated heterocycles. The Labute approximate surface area is 151 Å². The molecule has 0 aromatic heterocycles. The molecule has 0 aliphatic rings. The first-order chi connectivity index (χ1) is 12.5. The van der Waals surface area contributed by atoms with Crippen LogP contribution in [0, 0.1) is 6.92 Å². The fraction of sp³-hybridized carbons (Fsp3) is 0.263. The topological polar surface area (TPSA) is 94.1 Å². The summed E-state index contributed by atoms with van der Waals surface area (Å²) < 4.78 is 15.6. The van der Waals surface area contributed by atoms with E-state index in [0.717, 1.165) is 0 Å². The number of hydrogen-bond acceptors (Lipinski definition) is 6. The molecule has 0 saturated carbocycles. The Balaban J connectivity index is 1.72. The van der Waals surface area contributed by atoms with E-state index in [2.05, 4.69) is 5.32 Å². The van der Waals surface area contributed by atoms with Gasteiger partial charge in [0.25, 0.3) is 5.91 Å². The summed E-state index contributed by atoms with van der Waals surface area (Å²) in [7, 11) is 1.55. The van der Waals surface area contributed by atoms with E-state index in [1.54, 1.807) is 38.3 Å². The fourth-order valence-corrected chi connectivity index (χ4v) is 2.17. The molecule has 2 N–H and O–H groups in total. The minimum Gasteiger partial charge on any atom is -0.507 e. The number of ether oxygens (including phenoxy) is 3. The van der Waals surface area contributed by atoms with Crippen molar-refractivity contribution in [1.29, 1.82) is 0 Å². The number of methoxy groups -OCH3 is 1. The molecule has 0 aliphatic heterocycles. The SMILES string of the molecule is COc1ccccc1OCCNC(=O)COC(=O)c1cccc(C)c1O. The maximum absolute atomic E-state index is 11.9. The molecule has 0 atom stereocenters. The number of rotatable bonds is 8. The van der Waals surface area contributed by atoms with Crippen molar-refractivity contribution >= 4 is 11.9 Å². The summed E-state index contributed by atoms with van der Waals surface area (Å²) in [6, 6.07) is 11.9. The maximum Gasteiger partial charge on any atom is 0.342 e. The molecule has 138 valence electrons. The Morgan fingerprint density at radius 3 is 2.54 bits per heavy atom. The molecular formula is C19H21NO6. The van der Waals surface area contributed by atoms with E-state index < -0.39 is 18.5 Å². The van der Waals surface area contributed by atoms with Gasteiger partial charge in [-0.05, 0) is 30.7 Å². The standard InChI is InChI=1S/C19H21NO6/c1-13-6-5-7-14(18(13)22)19(23)26-12-17(21)20-10-11-25-16-9-4-3-8-15(16)24-2/h3-9,22H,10-12H2,1-2H3,(H,20,21). The van der Waals surface area contributed by atoms with Gasteiger partial charge in [-0.25, -0.2) is 4.79 Å².